The number of hydrogen-bond donors (Lipinski definition) is 1. The number of nitrogens with zero attached hydrogens (tertiary/aromatic N) is 2. The Balaban J connectivity index is 2.92. The Kier molecular flexibility index (Phi) is 2.62. The first-order valence-electron chi connectivity index (χ1n) is 2.83. The zero-order chi connectivity index (χ0) is 9.35. The van der Waals surface area contributed by atoms with Crippen molar-refractivity contribution in [2.45, 2.75) is 11.4 Å². The molecule has 1 unspecified atom stereocenters. The van der Waals surface area contributed by atoms with E-state index in [0.717, 1.165) is 0 Å². The topological polar surface area (TPSA) is 25.8 Å². The lowest BCUT2D eigenvalue weighted by Crippen LogP contribution is -2.03. The molecule has 12 heavy (non-hydrogen) atoms. The van der Waals surface area contributed by atoms with E-state index in [1.54, 1.807) is 0 Å². The molecule has 1 aromatic rings. The van der Waals surface area contributed by atoms with Crippen LogP contribution in [0.3, 0.4) is 0 Å². The van der Waals surface area contributed by atoms with Crippen molar-refractivity contribution >= 4 is 24.0 Å². The Morgan fingerprint density at radius 3 is 2.25 bits per heavy atom. The standard InChI is InChI=1S/C5H4F3N2S2/c1-2(11)3-9-10-4(12-3)5(6,7)8/h2,11H,1H2. The minimum atomic E-state index is -4.42. The van der Waals surface area contributed by atoms with Gasteiger partial charge in [0.05, 0.1) is 5.25 Å². The van der Waals surface area contributed by atoms with Crippen molar-refractivity contribution in [3.63, 3.8) is 0 Å². The average Bonchev–Trinajstić information content (AvgIpc) is 2.30. The monoisotopic (exact) mass is 213 g/mol. The van der Waals surface area contributed by atoms with Gasteiger partial charge >= 0.3 is 6.18 Å². The molecule has 7 heteroatoms. The number of alkyl halides is 3. The molecule has 67 valence electrons. The highest BCUT2D eigenvalue weighted by atomic mass is 32.1. The maximum Gasteiger partial charge on any atom is 0.445 e. The molecule has 1 aromatic heterocycles. The molecule has 0 spiro atoms. The van der Waals surface area contributed by atoms with E-state index in [0.29, 0.717) is 11.3 Å². The van der Waals surface area contributed by atoms with E-state index >= 15 is 0 Å². The van der Waals surface area contributed by atoms with Gasteiger partial charge in [0.2, 0.25) is 5.01 Å². The van der Waals surface area contributed by atoms with Crippen LogP contribution in [0.1, 0.15) is 15.3 Å². The van der Waals surface area contributed by atoms with Gasteiger partial charge in [-0.1, -0.05) is 11.3 Å². The lowest BCUT2D eigenvalue weighted by atomic mass is 10.5. The van der Waals surface area contributed by atoms with Crippen molar-refractivity contribution in [1.29, 1.82) is 0 Å². The SMILES string of the molecule is [CH2]C(S)c1nnc(C(F)(F)F)s1. The second-order valence-corrected chi connectivity index (χ2v) is 3.59. The fourth-order valence-electron chi connectivity index (χ4n) is 0.484. The van der Waals surface area contributed by atoms with Crippen molar-refractivity contribution < 1.29 is 13.2 Å². The van der Waals surface area contributed by atoms with Crippen LogP contribution in [-0.4, -0.2) is 10.2 Å². The van der Waals surface area contributed by atoms with E-state index in [2.05, 4.69) is 29.7 Å². The van der Waals surface area contributed by atoms with Gasteiger partial charge in [-0.2, -0.15) is 25.8 Å². The summed E-state index contributed by atoms with van der Waals surface area (Å²) in [6, 6.07) is 0. The molecule has 0 aliphatic rings. The first-order chi connectivity index (χ1) is 5.41. The van der Waals surface area contributed by atoms with Crippen molar-refractivity contribution in [3.05, 3.63) is 16.9 Å². The molecule has 1 radical (unpaired) electrons. The van der Waals surface area contributed by atoms with Crippen LogP contribution in [0.4, 0.5) is 13.2 Å². The zero-order valence-electron chi connectivity index (χ0n) is 5.67. The summed E-state index contributed by atoms with van der Waals surface area (Å²) in [4.78, 5) is 0. The fraction of sp³-hybridized carbons (Fsp3) is 0.400. The molecule has 0 aliphatic carbocycles. The number of rotatable bonds is 1. The molecule has 2 nitrogen and oxygen atoms in total. The summed E-state index contributed by atoms with van der Waals surface area (Å²) in [5, 5.41) is 4.91. The third-order valence-corrected chi connectivity index (χ3v) is 2.47. The second-order valence-electron chi connectivity index (χ2n) is 1.96. The van der Waals surface area contributed by atoms with Gasteiger partial charge in [0.25, 0.3) is 0 Å². The molecule has 1 heterocycles. The molecule has 1 atom stereocenters. The fourth-order valence-corrected chi connectivity index (χ4v) is 1.31. The van der Waals surface area contributed by atoms with E-state index < -0.39 is 16.4 Å². The van der Waals surface area contributed by atoms with Gasteiger partial charge in [-0.15, -0.1) is 10.2 Å². The summed E-state index contributed by atoms with van der Waals surface area (Å²) in [7, 11) is 0. The first-order valence-corrected chi connectivity index (χ1v) is 4.16. The maximum absolute atomic E-state index is 11.9. The largest absolute Gasteiger partial charge is 0.445 e. The van der Waals surface area contributed by atoms with Gasteiger partial charge in [0.15, 0.2) is 0 Å². The van der Waals surface area contributed by atoms with E-state index in [-0.39, 0.29) is 5.01 Å². The molecular weight excluding hydrogens is 209 g/mol. The molecule has 0 N–H and O–H groups in total. The van der Waals surface area contributed by atoms with Crippen molar-refractivity contribution in [3.8, 4) is 0 Å². The first kappa shape index (κ1) is 9.79. The highest BCUT2D eigenvalue weighted by Gasteiger charge is 2.35. The van der Waals surface area contributed by atoms with Gasteiger partial charge in [-0.25, -0.2) is 0 Å². The van der Waals surface area contributed by atoms with E-state index in [4.69, 9.17) is 0 Å². The average molecular weight is 213 g/mol. The van der Waals surface area contributed by atoms with Crippen LogP contribution in [0.5, 0.6) is 0 Å². The van der Waals surface area contributed by atoms with Crippen LogP contribution in [0.2, 0.25) is 0 Å². The van der Waals surface area contributed by atoms with Crippen LogP contribution in [-0.2, 0) is 6.18 Å². The lowest BCUT2D eigenvalue weighted by Gasteiger charge is -1.98. The van der Waals surface area contributed by atoms with Crippen LogP contribution in [0, 0.1) is 6.92 Å². The minimum Gasteiger partial charge on any atom is -0.168 e. The molecule has 0 fully saturated rings. The Hall–Kier alpha value is -0.300. The minimum absolute atomic E-state index is 0.172. The van der Waals surface area contributed by atoms with Crippen LogP contribution < -0.4 is 0 Å². The van der Waals surface area contributed by atoms with Gasteiger partial charge < -0.3 is 0 Å². The zero-order valence-corrected chi connectivity index (χ0v) is 7.38. The van der Waals surface area contributed by atoms with Gasteiger partial charge in [-0.05, 0) is 6.92 Å². The maximum atomic E-state index is 11.9. The number of thiol groups is 1. The molecule has 0 saturated carbocycles. The number of hydrogen-bond acceptors (Lipinski definition) is 4. The van der Waals surface area contributed by atoms with Crippen LogP contribution in [0.15, 0.2) is 0 Å². The summed E-state index contributed by atoms with van der Waals surface area (Å²) >= 11 is 4.29. The second kappa shape index (κ2) is 3.21. The predicted octanol–water partition coefficient (Wildman–Crippen LogP) is 2.36. The Morgan fingerprint density at radius 2 is 2.00 bits per heavy atom. The summed E-state index contributed by atoms with van der Waals surface area (Å²) in [5.74, 6) is 0. The van der Waals surface area contributed by atoms with Crippen molar-refractivity contribution in [2.75, 3.05) is 0 Å². The molecular formula is C5H4F3N2S2. The number of aromatic nitrogens is 2. The Bertz CT molecular complexity index is 268. The molecule has 0 aromatic carbocycles. The van der Waals surface area contributed by atoms with Crippen molar-refractivity contribution in [2.24, 2.45) is 0 Å². The van der Waals surface area contributed by atoms with E-state index in [1.165, 1.54) is 0 Å². The highest BCUT2D eigenvalue weighted by Crippen LogP contribution is 2.33. The summed E-state index contributed by atoms with van der Waals surface area (Å²) in [6.45, 7) is 3.41. The predicted molar refractivity (Wildman–Crippen MR) is 42.0 cm³/mol. The Labute approximate surface area is 76.2 Å². The summed E-state index contributed by atoms with van der Waals surface area (Å²) in [6.07, 6.45) is -4.42. The van der Waals surface area contributed by atoms with Gasteiger partial charge in [0.1, 0.15) is 5.01 Å². The highest BCUT2D eigenvalue weighted by molar-refractivity contribution is 7.80. The Morgan fingerprint density at radius 1 is 1.42 bits per heavy atom. The summed E-state index contributed by atoms with van der Waals surface area (Å²) in [5.41, 5.74) is 0. The third-order valence-electron chi connectivity index (χ3n) is 0.968. The van der Waals surface area contributed by atoms with Crippen LogP contribution in [0.25, 0.3) is 0 Å². The smallest absolute Gasteiger partial charge is 0.168 e. The molecule has 0 amide bonds. The van der Waals surface area contributed by atoms with Gasteiger partial charge in [-0.3, -0.25) is 0 Å². The molecule has 0 saturated heterocycles. The molecule has 1 rings (SSSR count). The van der Waals surface area contributed by atoms with E-state index in [9.17, 15) is 13.2 Å². The van der Waals surface area contributed by atoms with Crippen LogP contribution >= 0.6 is 24.0 Å². The quantitative estimate of drug-likeness (QED) is 0.725. The lowest BCUT2D eigenvalue weighted by molar-refractivity contribution is -0.138. The van der Waals surface area contributed by atoms with Crippen molar-refractivity contribution in [1.82, 2.24) is 10.2 Å². The third kappa shape index (κ3) is 2.10. The molecule has 0 aliphatic heterocycles. The molecule has 0 bridgehead atoms. The normalized spacial score (nSPS) is 14.8. The summed E-state index contributed by atoms with van der Waals surface area (Å²) < 4.78 is 35.8. The number of halogens is 3. The van der Waals surface area contributed by atoms with Gasteiger partial charge in [0, 0.05) is 0 Å². The van der Waals surface area contributed by atoms with E-state index in [1.807, 2.05) is 0 Å².